The van der Waals surface area contributed by atoms with Gasteiger partial charge in [0.05, 0.1) is 92.8 Å². The van der Waals surface area contributed by atoms with Crippen LogP contribution in [0.3, 0.4) is 0 Å². The normalized spacial score (nSPS) is 9.98. The van der Waals surface area contributed by atoms with Gasteiger partial charge >= 0.3 is 53.7 Å². The van der Waals surface area contributed by atoms with E-state index in [2.05, 4.69) is 35.0 Å². The van der Waals surface area contributed by atoms with E-state index in [0.29, 0.717) is 77.0 Å². The lowest BCUT2D eigenvalue weighted by Gasteiger charge is -2.11. The summed E-state index contributed by atoms with van der Waals surface area (Å²) in [6.45, 7) is 30.2. The lowest BCUT2D eigenvalue weighted by Crippen LogP contribution is -2.17. The van der Waals surface area contributed by atoms with E-state index >= 15 is 0 Å². The van der Waals surface area contributed by atoms with Gasteiger partial charge in [-0.25, -0.2) is 28.8 Å². The Labute approximate surface area is 533 Å². The first-order valence-corrected chi connectivity index (χ1v) is 32.4. The van der Waals surface area contributed by atoms with Crippen LogP contribution >= 0.6 is 0 Å². The highest BCUT2D eigenvalue weighted by molar-refractivity contribution is 6.04. The molecular weight excluding hydrogens is 1140 g/mol. The Hall–Kier alpha value is -7.11. The Morgan fingerprint density at radius 2 is 0.528 bits per heavy atom. The molecule has 0 fully saturated rings. The molecule has 18 heteroatoms. The van der Waals surface area contributed by atoms with E-state index in [4.69, 9.17) is 28.4 Å². The van der Waals surface area contributed by atoms with Gasteiger partial charge in [-0.15, -0.1) is 0 Å². The molecule has 0 N–H and O–H groups in total. The highest BCUT2D eigenvalue weighted by atomic mass is 16.6. The summed E-state index contributed by atoms with van der Waals surface area (Å²) in [7, 11) is 0. The predicted molar refractivity (Wildman–Crippen MR) is 348 cm³/mol. The fourth-order valence-corrected chi connectivity index (χ4v) is 7.01. The van der Waals surface area contributed by atoms with Crippen LogP contribution < -0.4 is 0 Å². The van der Waals surface area contributed by atoms with Gasteiger partial charge in [-0.3, -0.25) is 14.4 Å². The van der Waals surface area contributed by atoms with Crippen LogP contribution in [0.1, 0.15) is 281 Å². The molecule has 0 aliphatic rings. The van der Waals surface area contributed by atoms with Gasteiger partial charge in [-0.05, 0) is 94.2 Å². The Balaban J connectivity index is -0.00000108. The average molecular weight is 1250 g/mol. The minimum absolute atomic E-state index is 0.123. The van der Waals surface area contributed by atoms with Crippen molar-refractivity contribution in [1.82, 2.24) is 0 Å². The first-order valence-electron chi connectivity index (χ1n) is 32.4. The Morgan fingerprint density at radius 1 is 0.292 bits per heavy atom. The first-order chi connectivity index (χ1) is 42.7. The van der Waals surface area contributed by atoms with Crippen LogP contribution in [-0.2, 0) is 57.0 Å². The fourth-order valence-electron chi connectivity index (χ4n) is 7.01. The van der Waals surface area contributed by atoms with Crippen molar-refractivity contribution in [3.8, 4) is 0 Å². The molecule has 0 saturated carbocycles. The third-order valence-corrected chi connectivity index (χ3v) is 11.9. The third kappa shape index (κ3) is 49.5. The zero-order valence-corrected chi connectivity index (χ0v) is 56.7. The molecule has 3 aromatic carbocycles. The second-order valence-corrected chi connectivity index (χ2v) is 21.2. The van der Waals surface area contributed by atoms with Gasteiger partial charge in [0, 0.05) is 20.3 Å². The average Bonchev–Trinajstić information content (AvgIpc) is 3.61. The van der Waals surface area contributed by atoms with Crippen molar-refractivity contribution in [1.29, 1.82) is 0 Å². The number of unbranched alkanes of at least 4 members (excludes halogenated alkanes) is 13. The van der Waals surface area contributed by atoms with Crippen molar-refractivity contribution in [2.75, 3.05) is 59.5 Å². The lowest BCUT2D eigenvalue weighted by molar-refractivity contribution is -0.143. The Kier molecular flexibility index (Phi) is 57.9. The fraction of sp³-hybridized carbons (Fsp3) is 0.620. The number of carbonyl (C=O) groups is 9. The zero-order valence-electron chi connectivity index (χ0n) is 56.7. The van der Waals surface area contributed by atoms with Crippen LogP contribution in [0.5, 0.6) is 0 Å². The largest absolute Gasteiger partial charge is 0.466 e. The second-order valence-electron chi connectivity index (χ2n) is 21.2. The molecule has 3 aromatic rings. The summed E-state index contributed by atoms with van der Waals surface area (Å²) >= 11 is 0. The van der Waals surface area contributed by atoms with Crippen molar-refractivity contribution in [2.45, 2.75) is 219 Å². The van der Waals surface area contributed by atoms with Gasteiger partial charge in [0.2, 0.25) is 0 Å². The smallest absolute Gasteiger partial charge is 0.339 e. The molecular formula is C71H112O18. The van der Waals surface area contributed by atoms with Gasteiger partial charge in [-0.2, -0.15) is 0 Å². The van der Waals surface area contributed by atoms with Crippen LogP contribution in [0.2, 0.25) is 0 Å². The first kappa shape index (κ1) is 86.1. The molecule has 0 saturated heterocycles. The van der Waals surface area contributed by atoms with Crippen molar-refractivity contribution < 1.29 is 85.8 Å². The maximum atomic E-state index is 12.4. The molecule has 0 spiro atoms. The van der Waals surface area contributed by atoms with Crippen LogP contribution in [0.4, 0.5) is 0 Å². The molecule has 504 valence electrons. The molecule has 0 unspecified atom stereocenters. The van der Waals surface area contributed by atoms with Gasteiger partial charge in [0.15, 0.2) is 0 Å². The molecule has 0 heterocycles. The number of carbonyl (C=O) groups excluding carboxylic acids is 9. The van der Waals surface area contributed by atoms with Crippen LogP contribution in [0, 0.1) is 11.8 Å². The van der Waals surface area contributed by atoms with Crippen LogP contribution in [-0.4, -0.2) is 113 Å². The van der Waals surface area contributed by atoms with Crippen molar-refractivity contribution in [3.05, 3.63) is 106 Å². The SMILES string of the molecule is CC(C)COC(=O)c1ccccc1C(=O)OCC(C)C.CCCCCCCCOC(=O)c1ccccc1C(=O)OCCCCCCCC.CCCCOC(=O)c1ccccc1C(=O)OCCCC.CCCCOC(C)=O.CCOC(=O)CC.CCOC(C)=O. The molecule has 0 aliphatic heterocycles. The summed E-state index contributed by atoms with van der Waals surface area (Å²) in [5, 5.41) is 0. The summed E-state index contributed by atoms with van der Waals surface area (Å²) in [6.07, 6.45) is 19.7. The van der Waals surface area contributed by atoms with E-state index in [9.17, 15) is 43.2 Å². The maximum absolute atomic E-state index is 12.4. The Morgan fingerprint density at radius 3 is 0.742 bits per heavy atom. The van der Waals surface area contributed by atoms with Crippen LogP contribution in [0.25, 0.3) is 0 Å². The minimum Gasteiger partial charge on any atom is -0.466 e. The van der Waals surface area contributed by atoms with Crippen molar-refractivity contribution >= 4 is 53.7 Å². The summed E-state index contributed by atoms with van der Waals surface area (Å²) in [6, 6.07) is 19.9. The molecule has 18 nitrogen and oxygen atoms in total. The predicted octanol–water partition coefficient (Wildman–Crippen LogP) is 16.5. The standard InChI is InChI=1S/C24H38O4.2C16H22O4.C6H12O2.C5H10O2.C4H8O2/c1-3-5-7-9-11-15-19-27-23(25)21-17-13-14-18-22(21)24(26)28-20-16-12-10-8-6-4-2;1-11(2)9-19-15(17)13-7-5-6-8-14(13)16(18)20-10-12(3)4;1-3-5-11-19-15(17)13-9-7-8-10-14(13)16(18)20-12-6-4-2;1-3-4-5-8-6(2)7;1-3-5(6)7-4-2;1-3-6-4(2)5/h13-14,17-18H,3-12,15-16,19-20H2,1-2H3;5-8,11-12H,9-10H2,1-4H3;7-10H,3-6,11-12H2,1-2H3;3-5H2,1-2H3;3-4H2,1-2H3;3H2,1-2H3. The van der Waals surface area contributed by atoms with Gasteiger partial charge in [0.25, 0.3) is 0 Å². The van der Waals surface area contributed by atoms with Crippen molar-refractivity contribution in [2.24, 2.45) is 11.8 Å². The van der Waals surface area contributed by atoms with E-state index in [1.807, 2.05) is 41.5 Å². The van der Waals surface area contributed by atoms with Crippen LogP contribution in [0.15, 0.2) is 72.8 Å². The summed E-state index contributed by atoms with van der Waals surface area (Å²) < 4.78 is 44.9. The number of hydrogen-bond acceptors (Lipinski definition) is 18. The van der Waals surface area contributed by atoms with E-state index in [1.165, 1.54) is 65.2 Å². The number of hydrogen-bond donors (Lipinski definition) is 0. The maximum Gasteiger partial charge on any atom is 0.339 e. The van der Waals surface area contributed by atoms with E-state index in [0.717, 1.165) is 64.2 Å². The third-order valence-electron chi connectivity index (χ3n) is 11.9. The Bertz CT molecular complexity index is 2230. The minimum atomic E-state index is -0.490. The summed E-state index contributed by atoms with van der Waals surface area (Å²) in [5.41, 5.74) is 1.63. The molecule has 0 atom stereocenters. The summed E-state index contributed by atoms with van der Waals surface area (Å²) in [5.74, 6) is -2.83. The van der Waals surface area contributed by atoms with Gasteiger partial charge in [0.1, 0.15) is 0 Å². The highest BCUT2D eigenvalue weighted by Crippen LogP contribution is 2.17. The molecule has 3 rings (SSSR count). The number of ether oxygens (including phenoxy) is 9. The summed E-state index contributed by atoms with van der Waals surface area (Å²) in [4.78, 5) is 103. The number of rotatable bonds is 36. The van der Waals surface area contributed by atoms with E-state index in [-0.39, 0.29) is 52.0 Å². The number of benzene rings is 3. The molecule has 0 bridgehead atoms. The molecule has 0 amide bonds. The molecule has 89 heavy (non-hydrogen) atoms. The van der Waals surface area contributed by atoms with Gasteiger partial charge < -0.3 is 42.6 Å². The van der Waals surface area contributed by atoms with E-state index < -0.39 is 35.8 Å². The molecule has 0 aliphatic carbocycles. The molecule has 0 radical (unpaired) electrons. The highest BCUT2D eigenvalue weighted by Gasteiger charge is 2.22. The molecule has 0 aromatic heterocycles. The van der Waals surface area contributed by atoms with E-state index in [1.54, 1.807) is 93.6 Å². The second kappa shape index (κ2) is 59.8. The topological polar surface area (TPSA) is 237 Å². The monoisotopic (exact) mass is 1250 g/mol. The number of esters is 9. The lowest BCUT2D eigenvalue weighted by atomic mass is 10.1. The van der Waals surface area contributed by atoms with Gasteiger partial charge in [-0.1, -0.05) is 189 Å². The van der Waals surface area contributed by atoms with Crippen molar-refractivity contribution in [3.63, 3.8) is 0 Å². The quantitative estimate of drug-likeness (QED) is 0.0299. The zero-order chi connectivity index (χ0) is 67.5.